The first kappa shape index (κ1) is 22.9. The van der Waals surface area contributed by atoms with Gasteiger partial charge in [0.25, 0.3) is 5.89 Å². The Hall–Kier alpha value is -3.90. The largest absolute Gasteiger partial charge is 0.334 e. The van der Waals surface area contributed by atoms with Crippen molar-refractivity contribution in [2.24, 2.45) is 0 Å². The van der Waals surface area contributed by atoms with Crippen LogP contribution < -0.4 is 5.32 Å². The summed E-state index contributed by atoms with van der Waals surface area (Å²) in [5, 5.41) is 7.99. The van der Waals surface area contributed by atoms with Crippen LogP contribution in [0.1, 0.15) is 35.5 Å². The van der Waals surface area contributed by atoms with Crippen molar-refractivity contribution >= 4 is 23.2 Å². The fraction of sp³-hybridized carbons (Fsp3) is 0.179. The smallest absolute Gasteiger partial charge is 0.322 e. The normalized spacial score (nSPS) is 15.9. The van der Waals surface area contributed by atoms with Crippen LogP contribution >= 0.6 is 11.6 Å². The van der Waals surface area contributed by atoms with E-state index in [1.165, 1.54) is 0 Å². The number of urea groups is 1. The van der Waals surface area contributed by atoms with E-state index in [-0.39, 0.29) is 6.03 Å². The van der Waals surface area contributed by atoms with Crippen LogP contribution in [0.15, 0.2) is 89.1 Å². The summed E-state index contributed by atoms with van der Waals surface area (Å²) >= 11 is 6.12. The molecule has 0 spiro atoms. The summed E-state index contributed by atoms with van der Waals surface area (Å²) in [5.74, 6) is 0.880. The molecule has 0 saturated heterocycles. The fourth-order valence-corrected chi connectivity index (χ4v) is 4.40. The van der Waals surface area contributed by atoms with Crippen molar-refractivity contribution in [2.75, 3.05) is 6.54 Å². The number of allylic oxidation sites excluding steroid dienone is 1. The Bertz CT molecular complexity index is 1360. The zero-order valence-electron chi connectivity index (χ0n) is 19.5. The van der Waals surface area contributed by atoms with Crippen molar-refractivity contribution < 1.29 is 9.32 Å². The molecule has 2 heterocycles. The molecule has 1 N–H and O–H groups in total. The lowest BCUT2D eigenvalue weighted by Crippen LogP contribution is -2.46. The number of hydrogen-bond acceptors (Lipinski definition) is 4. The summed E-state index contributed by atoms with van der Waals surface area (Å²) in [6.45, 7) is 4.49. The molecule has 0 aliphatic carbocycles. The average Bonchev–Trinajstić information content (AvgIpc) is 3.35. The van der Waals surface area contributed by atoms with Crippen LogP contribution in [0.5, 0.6) is 0 Å². The minimum atomic E-state index is -0.445. The van der Waals surface area contributed by atoms with E-state index in [0.29, 0.717) is 23.3 Å². The van der Waals surface area contributed by atoms with Crippen LogP contribution in [-0.2, 0) is 6.42 Å². The number of aryl methyl sites for hydroxylation is 1. The molecule has 7 heteroatoms. The van der Waals surface area contributed by atoms with Gasteiger partial charge in [-0.15, -0.1) is 0 Å². The van der Waals surface area contributed by atoms with Crippen molar-refractivity contribution in [3.63, 3.8) is 0 Å². The summed E-state index contributed by atoms with van der Waals surface area (Å²) in [5.41, 5.74) is 5.62. The molecule has 1 aromatic heterocycles. The van der Waals surface area contributed by atoms with Gasteiger partial charge in [-0.2, -0.15) is 4.98 Å². The number of halogens is 1. The average molecular weight is 485 g/mol. The minimum Gasteiger partial charge on any atom is -0.334 e. The maximum absolute atomic E-state index is 13.2. The van der Waals surface area contributed by atoms with Crippen LogP contribution in [0.4, 0.5) is 4.79 Å². The standard InChI is InChI=1S/C28H25ClN4O2/c1-18-8-10-22(11-9-18)26-31-27(35-32-26)24-19(2)33(17-16-20-6-4-3-5-7-20)28(34)30-25(24)21-12-14-23(29)15-13-21/h3-15,25H,16-17H2,1-2H3,(H,30,34). The molecule has 0 bridgehead atoms. The third-order valence-corrected chi connectivity index (χ3v) is 6.48. The van der Waals surface area contributed by atoms with Gasteiger partial charge in [-0.25, -0.2) is 4.79 Å². The van der Waals surface area contributed by atoms with Crippen molar-refractivity contribution in [1.82, 2.24) is 20.4 Å². The van der Waals surface area contributed by atoms with E-state index in [0.717, 1.165) is 39.9 Å². The van der Waals surface area contributed by atoms with Gasteiger partial charge < -0.3 is 9.84 Å². The molecule has 6 nitrogen and oxygen atoms in total. The molecule has 1 aliphatic heterocycles. The topological polar surface area (TPSA) is 71.3 Å². The molecule has 5 rings (SSSR count). The molecule has 176 valence electrons. The van der Waals surface area contributed by atoms with Gasteiger partial charge in [0.15, 0.2) is 0 Å². The number of aromatic nitrogens is 2. The van der Waals surface area contributed by atoms with Crippen molar-refractivity contribution in [3.8, 4) is 11.4 Å². The molecule has 0 radical (unpaired) electrons. The summed E-state index contributed by atoms with van der Waals surface area (Å²) in [6.07, 6.45) is 0.725. The Morgan fingerprint density at radius 1 is 0.971 bits per heavy atom. The molecule has 35 heavy (non-hydrogen) atoms. The van der Waals surface area contributed by atoms with E-state index in [1.54, 1.807) is 4.90 Å². The Morgan fingerprint density at radius 2 is 1.69 bits per heavy atom. The van der Waals surface area contributed by atoms with Crippen LogP contribution in [-0.4, -0.2) is 27.6 Å². The predicted molar refractivity (Wildman–Crippen MR) is 137 cm³/mol. The number of hydrogen-bond donors (Lipinski definition) is 1. The number of rotatable bonds is 6. The first-order valence-corrected chi connectivity index (χ1v) is 11.9. The zero-order chi connectivity index (χ0) is 24.4. The lowest BCUT2D eigenvalue weighted by molar-refractivity contribution is 0.205. The van der Waals surface area contributed by atoms with Gasteiger partial charge >= 0.3 is 6.03 Å². The van der Waals surface area contributed by atoms with Gasteiger partial charge in [0.05, 0.1) is 11.6 Å². The van der Waals surface area contributed by atoms with Gasteiger partial charge in [-0.05, 0) is 43.5 Å². The second-order valence-corrected chi connectivity index (χ2v) is 9.05. The summed E-state index contributed by atoms with van der Waals surface area (Å²) < 4.78 is 5.76. The van der Waals surface area contributed by atoms with E-state index in [1.807, 2.05) is 80.6 Å². The maximum atomic E-state index is 13.2. The maximum Gasteiger partial charge on any atom is 0.322 e. The first-order chi connectivity index (χ1) is 17.0. The lowest BCUT2D eigenvalue weighted by atomic mass is 9.94. The Morgan fingerprint density at radius 3 is 2.40 bits per heavy atom. The highest BCUT2D eigenvalue weighted by Crippen LogP contribution is 2.37. The number of nitrogens with one attached hydrogen (secondary N) is 1. The first-order valence-electron chi connectivity index (χ1n) is 11.5. The zero-order valence-corrected chi connectivity index (χ0v) is 20.3. The van der Waals surface area contributed by atoms with Crippen LogP contribution in [0.3, 0.4) is 0 Å². The van der Waals surface area contributed by atoms with E-state index in [4.69, 9.17) is 21.1 Å². The molecule has 0 fully saturated rings. The highest BCUT2D eigenvalue weighted by Gasteiger charge is 2.35. The summed E-state index contributed by atoms with van der Waals surface area (Å²) in [4.78, 5) is 19.7. The van der Waals surface area contributed by atoms with Gasteiger partial charge in [0.2, 0.25) is 5.82 Å². The molecule has 3 aromatic carbocycles. The van der Waals surface area contributed by atoms with Crippen LogP contribution in [0.25, 0.3) is 17.0 Å². The predicted octanol–water partition coefficient (Wildman–Crippen LogP) is 6.44. The second-order valence-electron chi connectivity index (χ2n) is 8.61. The van der Waals surface area contributed by atoms with Gasteiger partial charge in [0, 0.05) is 22.8 Å². The SMILES string of the molecule is CC1=C(c2nc(-c3ccc(C)cc3)no2)C(c2ccc(Cl)cc2)NC(=O)N1CCc1ccccc1. The van der Waals surface area contributed by atoms with Gasteiger partial charge in [-0.3, -0.25) is 4.90 Å². The number of carbonyl (C=O) groups is 1. The molecular formula is C28H25ClN4O2. The molecule has 4 aromatic rings. The summed E-state index contributed by atoms with van der Waals surface area (Å²) in [7, 11) is 0. The second kappa shape index (κ2) is 9.76. The van der Waals surface area contributed by atoms with E-state index < -0.39 is 6.04 Å². The minimum absolute atomic E-state index is 0.166. The number of nitrogens with zero attached hydrogens (tertiary/aromatic N) is 3. The summed E-state index contributed by atoms with van der Waals surface area (Å²) in [6, 6.07) is 24.9. The molecular weight excluding hydrogens is 460 g/mol. The Balaban J connectivity index is 1.54. The molecule has 1 unspecified atom stereocenters. The fourth-order valence-electron chi connectivity index (χ4n) is 4.27. The van der Waals surface area contributed by atoms with E-state index in [9.17, 15) is 4.79 Å². The highest BCUT2D eigenvalue weighted by atomic mass is 35.5. The van der Waals surface area contributed by atoms with E-state index >= 15 is 0 Å². The number of benzene rings is 3. The lowest BCUT2D eigenvalue weighted by Gasteiger charge is -2.35. The van der Waals surface area contributed by atoms with E-state index in [2.05, 4.69) is 22.6 Å². The molecule has 1 atom stereocenters. The van der Waals surface area contributed by atoms with Crippen molar-refractivity contribution in [1.29, 1.82) is 0 Å². The van der Waals surface area contributed by atoms with Gasteiger partial charge in [-0.1, -0.05) is 89.1 Å². The Kier molecular flexibility index (Phi) is 6.38. The number of carbonyl (C=O) groups excluding carboxylic acids is 1. The third-order valence-electron chi connectivity index (χ3n) is 6.23. The van der Waals surface area contributed by atoms with Crippen LogP contribution in [0.2, 0.25) is 5.02 Å². The third kappa shape index (κ3) is 4.84. The Labute approximate surface area is 209 Å². The number of amides is 2. The quantitative estimate of drug-likeness (QED) is 0.342. The van der Waals surface area contributed by atoms with Crippen molar-refractivity contribution in [2.45, 2.75) is 26.3 Å². The van der Waals surface area contributed by atoms with Crippen molar-refractivity contribution in [3.05, 3.63) is 112 Å². The molecule has 1 aliphatic rings. The highest BCUT2D eigenvalue weighted by molar-refractivity contribution is 6.30. The monoisotopic (exact) mass is 484 g/mol. The molecule has 2 amide bonds. The molecule has 0 saturated carbocycles. The van der Waals surface area contributed by atoms with Gasteiger partial charge in [0.1, 0.15) is 0 Å². The van der Waals surface area contributed by atoms with Crippen LogP contribution in [0, 0.1) is 6.92 Å².